The lowest BCUT2D eigenvalue weighted by Crippen LogP contribution is -2.65. The van der Waals surface area contributed by atoms with Gasteiger partial charge in [-0.3, -0.25) is 9.59 Å². The van der Waals surface area contributed by atoms with Crippen LogP contribution in [0.15, 0.2) is 24.3 Å². The third-order valence-electron chi connectivity index (χ3n) is 4.32. The van der Waals surface area contributed by atoms with E-state index in [1.165, 1.54) is 6.42 Å². The fourth-order valence-electron chi connectivity index (χ4n) is 3.24. The first-order chi connectivity index (χ1) is 10.6. The summed E-state index contributed by atoms with van der Waals surface area (Å²) in [5.41, 5.74) is 0.643. The zero-order valence-electron chi connectivity index (χ0n) is 12.3. The van der Waals surface area contributed by atoms with Gasteiger partial charge in [0.25, 0.3) is 0 Å². The molecular weight excluding hydrogens is 302 g/mol. The highest BCUT2D eigenvalue weighted by Gasteiger charge is 2.36. The van der Waals surface area contributed by atoms with E-state index >= 15 is 0 Å². The summed E-state index contributed by atoms with van der Waals surface area (Å²) in [6.07, 6.45) is 4.53. The number of anilines is 1. The van der Waals surface area contributed by atoms with Gasteiger partial charge in [0.05, 0.1) is 12.5 Å². The molecule has 1 heterocycles. The van der Waals surface area contributed by atoms with Crippen molar-refractivity contribution in [2.45, 2.75) is 50.2 Å². The molecule has 1 saturated carbocycles. The Hall–Kier alpha value is -1.59. The largest absolute Gasteiger partial charge is 0.350 e. The SMILES string of the molecule is O=C(C[C@H]1N[C@H]2CCCC[C@H]2NC1=O)Nc1cccc(Cl)c1. The van der Waals surface area contributed by atoms with Gasteiger partial charge in [0.15, 0.2) is 0 Å². The molecule has 2 amide bonds. The normalized spacial score (nSPS) is 27.7. The van der Waals surface area contributed by atoms with Gasteiger partial charge < -0.3 is 16.0 Å². The molecule has 2 aliphatic rings. The van der Waals surface area contributed by atoms with Gasteiger partial charge in [0, 0.05) is 22.8 Å². The van der Waals surface area contributed by atoms with Crippen molar-refractivity contribution in [1.29, 1.82) is 0 Å². The van der Waals surface area contributed by atoms with Crippen molar-refractivity contribution in [3.8, 4) is 0 Å². The first-order valence-electron chi connectivity index (χ1n) is 7.73. The lowest BCUT2D eigenvalue weighted by molar-refractivity contribution is -0.129. The van der Waals surface area contributed by atoms with Crippen LogP contribution >= 0.6 is 11.6 Å². The number of hydrogen-bond donors (Lipinski definition) is 3. The monoisotopic (exact) mass is 321 g/mol. The summed E-state index contributed by atoms with van der Waals surface area (Å²) in [6.45, 7) is 0. The number of fused-ring (bicyclic) bond motifs is 1. The van der Waals surface area contributed by atoms with Gasteiger partial charge in [-0.25, -0.2) is 0 Å². The van der Waals surface area contributed by atoms with Crippen molar-refractivity contribution < 1.29 is 9.59 Å². The van der Waals surface area contributed by atoms with Crippen LogP contribution in [0.2, 0.25) is 5.02 Å². The van der Waals surface area contributed by atoms with Gasteiger partial charge in [0.2, 0.25) is 11.8 Å². The standard InChI is InChI=1S/C16H20ClN3O2/c17-10-4-3-5-11(8-10)18-15(21)9-14-16(22)20-13-7-2-1-6-12(13)19-14/h3-5,8,12-14,19H,1-2,6-7,9H2,(H,18,21)(H,20,22)/t12-,13+,14+/m0/s1. The maximum absolute atomic E-state index is 12.1. The molecule has 118 valence electrons. The predicted octanol–water partition coefficient (Wildman–Crippen LogP) is 2.07. The summed E-state index contributed by atoms with van der Waals surface area (Å²) in [6, 6.07) is 7.02. The Balaban J connectivity index is 1.57. The average Bonchev–Trinajstić information content (AvgIpc) is 2.48. The van der Waals surface area contributed by atoms with Gasteiger partial charge in [-0.15, -0.1) is 0 Å². The van der Waals surface area contributed by atoms with E-state index in [4.69, 9.17) is 11.6 Å². The molecule has 3 N–H and O–H groups in total. The minimum Gasteiger partial charge on any atom is -0.350 e. The van der Waals surface area contributed by atoms with Crippen LogP contribution < -0.4 is 16.0 Å². The molecule has 2 fully saturated rings. The van der Waals surface area contributed by atoms with Crippen molar-refractivity contribution in [1.82, 2.24) is 10.6 Å². The van der Waals surface area contributed by atoms with E-state index in [-0.39, 0.29) is 30.3 Å². The Bertz CT molecular complexity index is 578. The van der Waals surface area contributed by atoms with Crippen LogP contribution in [0.4, 0.5) is 5.69 Å². The lowest BCUT2D eigenvalue weighted by atomic mass is 9.87. The molecule has 0 spiro atoms. The van der Waals surface area contributed by atoms with E-state index in [9.17, 15) is 9.59 Å². The number of benzene rings is 1. The smallest absolute Gasteiger partial charge is 0.237 e. The Morgan fingerprint density at radius 2 is 2.05 bits per heavy atom. The molecule has 1 aliphatic heterocycles. The lowest BCUT2D eigenvalue weighted by Gasteiger charge is -2.40. The highest BCUT2D eigenvalue weighted by Crippen LogP contribution is 2.22. The molecule has 1 aliphatic carbocycles. The Kier molecular flexibility index (Phi) is 4.64. The molecule has 1 aromatic carbocycles. The number of carbonyl (C=O) groups is 2. The Morgan fingerprint density at radius 1 is 1.27 bits per heavy atom. The number of carbonyl (C=O) groups excluding carboxylic acids is 2. The zero-order chi connectivity index (χ0) is 15.5. The van der Waals surface area contributed by atoms with Crippen molar-refractivity contribution in [2.24, 2.45) is 0 Å². The van der Waals surface area contributed by atoms with Crippen molar-refractivity contribution >= 4 is 29.1 Å². The fourth-order valence-corrected chi connectivity index (χ4v) is 3.43. The minimum atomic E-state index is -0.460. The van der Waals surface area contributed by atoms with E-state index < -0.39 is 6.04 Å². The second-order valence-corrected chi connectivity index (χ2v) is 6.42. The summed E-state index contributed by atoms with van der Waals surface area (Å²) in [5.74, 6) is -0.270. The van der Waals surface area contributed by atoms with Crippen LogP contribution in [-0.4, -0.2) is 29.9 Å². The van der Waals surface area contributed by atoms with Gasteiger partial charge in [0.1, 0.15) is 0 Å². The van der Waals surface area contributed by atoms with E-state index in [0.717, 1.165) is 19.3 Å². The minimum absolute atomic E-state index is 0.0793. The average molecular weight is 322 g/mol. The summed E-state index contributed by atoms with van der Waals surface area (Å²) in [7, 11) is 0. The van der Waals surface area contributed by atoms with Crippen LogP contribution in [0.3, 0.4) is 0 Å². The maximum atomic E-state index is 12.1. The highest BCUT2D eigenvalue weighted by atomic mass is 35.5. The van der Waals surface area contributed by atoms with Crippen molar-refractivity contribution in [3.63, 3.8) is 0 Å². The number of halogens is 1. The molecule has 3 rings (SSSR count). The highest BCUT2D eigenvalue weighted by molar-refractivity contribution is 6.30. The number of piperazine rings is 1. The second kappa shape index (κ2) is 6.67. The molecule has 0 aromatic heterocycles. The first-order valence-corrected chi connectivity index (χ1v) is 8.11. The van der Waals surface area contributed by atoms with Crippen LogP contribution in [0.5, 0.6) is 0 Å². The molecular formula is C16H20ClN3O2. The predicted molar refractivity (Wildman–Crippen MR) is 85.8 cm³/mol. The Labute approximate surface area is 134 Å². The molecule has 0 bridgehead atoms. The molecule has 5 nitrogen and oxygen atoms in total. The molecule has 1 saturated heterocycles. The number of amides is 2. The fraction of sp³-hybridized carbons (Fsp3) is 0.500. The maximum Gasteiger partial charge on any atom is 0.237 e. The third kappa shape index (κ3) is 3.59. The topological polar surface area (TPSA) is 70.2 Å². The van der Waals surface area contributed by atoms with Gasteiger partial charge in [-0.05, 0) is 31.0 Å². The molecule has 6 heteroatoms. The zero-order valence-corrected chi connectivity index (χ0v) is 13.0. The summed E-state index contributed by atoms with van der Waals surface area (Å²) >= 11 is 5.89. The van der Waals surface area contributed by atoms with E-state index in [2.05, 4.69) is 16.0 Å². The Morgan fingerprint density at radius 3 is 2.82 bits per heavy atom. The summed E-state index contributed by atoms with van der Waals surface area (Å²) < 4.78 is 0. The molecule has 22 heavy (non-hydrogen) atoms. The van der Waals surface area contributed by atoms with Crippen LogP contribution in [0.25, 0.3) is 0 Å². The van der Waals surface area contributed by atoms with Crippen LogP contribution in [-0.2, 0) is 9.59 Å². The third-order valence-corrected chi connectivity index (χ3v) is 4.56. The molecule has 0 radical (unpaired) electrons. The first kappa shape index (κ1) is 15.3. The van der Waals surface area contributed by atoms with Gasteiger partial charge >= 0.3 is 0 Å². The van der Waals surface area contributed by atoms with E-state index in [1.807, 2.05) is 0 Å². The van der Waals surface area contributed by atoms with Crippen LogP contribution in [0, 0.1) is 0 Å². The summed E-state index contributed by atoms with van der Waals surface area (Å²) in [5, 5.41) is 9.72. The summed E-state index contributed by atoms with van der Waals surface area (Å²) in [4.78, 5) is 24.2. The number of rotatable bonds is 3. The molecule has 3 atom stereocenters. The number of hydrogen-bond acceptors (Lipinski definition) is 3. The van der Waals surface area contributed by atoms with Gasteiger partial charge in [-0.2, -0.15) is 0 Å². The quantitative estimate of drug-likeness (QED) is 0.798. The van der Waals surface area contributed by atoms with Crippen LogP contribution in [0.1, 0.15) is 32.1 Å². The van der Waals surface area contributed by atoms with Gasteiger partial charge in [-0.1, -0.05) is 30.5 Å². The molecule has 1 aromatic rings. The number of nitrogens with one attached hydrogen (secondary N) is 3. The van der Waals surface area contributed by atoms with Crippen molar-refractivity contribution in [2.75, 3.05) is 5.32 Å². The molecule has 0 unspecified atom stereocenters. The second-order valence-electron chi connectivity index (χ2n) is 5.99. The van der Waals surface area contributed by atoms with E-state index in [1.54, 1.807) is 24.3 Å². The van der Waals surface area contributed by atoms with Crippen molar-refractivity contribution in [3.05, 3.63) is 29.3 Å². The van der Waals surface area contributed by atoms with E-state index in [0.29, 0.717) is 10.7 Å².